The maximum atomic E-state index is 5.88. The van der Waals surface area contributed by atoms with E-state index in [1.807, 2.05) is 18.2 Å². The van der Waals surface area contributed by atoms with E-state index in [2.05, 4.69) is 54.7 Å². The second-order valence-electron chi connectivity index (χ2n) is 4.99. The second kappa shape index (κ2) is 6.95. The van der Waals surface area contributed by atoms with Crippen molar-refractivity contribution in [3.8, 4) is 0 Å². The maximum absolute atomic E-state index is 5.88. The fourth-order valence-corrected chi connectivity index (χ4v) is 2.33. The Kier molecular flexibility index (Phi) is 4.99. The topological polar surface area (TPSA) is 38.0 Å². The average Bonchev–Trinajstić information content (AvgIpc) is 2.48. The minimum atomic E-state index is 0.303. The Bertz CT molecular complexity index is 467. The minimum absolute atomic E-state index is 0.303. The summed E-state index contributed by atoms with van der Waals surface area (Å²) in [5.74, 6) is 0.506. The first-order valence-electron chi connectivity index (χ1n) is 6.86. The first-order valence-corrected chi connectivity index (χ1v) is 6.86. The monoisotopic (exact) mass is 254 g/mol. The molecule has 0 bridgehead atoms. The molecule has 2 unspecified atom stereocenters. The number of rotatable bonds is 6. The maximum Gasteiger partial charge on any atom is 0.0389 e. The van der Waals surface area contributed by atoms with Gasteiger partial charge in [-0.3, -0.25) is 0 Å². The molecule has 0 heterocycles. The molecule has 100 valence electrons. The number of nitrogens with two attached hydrogens (primary N) is 1. The lowest BCUT2D eigenvalue weighted by Gasteiger charge is -2.22. The van der Waals surface area contributed by atoms with Crippen molar-refractivity contribution in [3.05, 3.63) is 66.2 Å². The molecule has 19 heavy (non-hydrogen) atoms. The third-order valence-electron chi connectivity index (χ3n) is 3.44. The molecule has 2 rings (SSSR count). The molecule has 0 aromatic heterocycles. The Morgan fingerprint density at radius 3 is 2.11 bits per heavy atom. The molecular formula is C17H22N2. The van der Waals surface area contributed by atoms with Crippen molar-refractivity contribution in [2.24, 2.45) is 5.73 Å². The molecule has 2 aromatic carbocycles. The van der Waals surface area contributed by atoms with Crippen LogP contribution in [0.25, 0.3) is 0 Å². The van der Waals surface area contributed by atoms with E-state index in [-0.39, 0.29) is 0 Å². The lowest BCUT2D eigenvalue weighted by molar-refractivity contribution is 0.586. The SMILES string of the molecule is CC(CC(CN)Nc1ccccc1)c1ccccc1. The zero-order valence-corrected chi connectivity index (χ0v) is 11.4. The van der Waals surface area contributed by atoms with Crippen LogP contribution in [0.2, 0.25) is 0 Å². The van der Waals surface area contributed by atoms with E-state index in [0.717, 1.165) is 12.1 Å². The Morgan fingerprint density at radius 2 is 1.53 bits per heavy atom. The van der Waals surface area contributed by atoms with Gasteiger partial charge in [0.25, 0.3) is 0 Å². The van der Waals surface area contributed by atoms with Crippen LogP contribution in [0, 0.1) is 0 Å². The lowest BCUT2D eigenvalue weighted by Crippen LogP contribution is -2.30. The van der Waals surface area contributed by atoms with Gasteiger partial charge in [-0.15, -0.1) is 0 Å². The van der Waals surface area contributed by atoms with Crippen LogP contribution in [0.1, 0.15) is 24.8 Å². The van der Waals surface area contributed by atoms with E-state index in [9.17, 15) is 0 Å². The van der Waals surface area contributed by atoms with Crippen molar-refractivity contribution in [2.45, 2.75) is 25.3 Å². The van der Waals surface area contributed by atoms with Gasteiger partial charge >= 0.3 is 0 Å². The molecule has 0 saturated heterocycles. The molecule has 3 N–H and O–H groups in total. The Labute approximate surface area is 115 Å². The summed E-state index contributed by atoms with van der Waals surface area (Å²) in [5, 5.41) is 3.50. The van der Waals surface area contributed by atoms with Gasteiger partial charge in [0, 0.05) is 18.3 Å². The van der Waals surface area contributed by atoms with E-state index >= 15 is 0 Å². The van der Waals surface area contributed by atoms with Crippen LogP contribution in [0.15, 0.2) is 60.7 Å². The summed E-state index contributed by atoms with van der Waals surface area (Å²) in [5.41, 5.74) is 8.39. The Balaban J connectivity index is 1.96. The van der Waals surface area contributed by atoms with Gasteiger partial charge in [0.2, 0.25) is 0 Å². The Hall–Kier alpha value is -1.80. The molecule has 0 aliphatic carbocycles. The molecule has 2 atom stereocenters. The first-order chi connectivity index (χ1) is 9.29. The largest absolute Gasteiger partial charge is 0.381 e. The molecule has 2 aromatic rings. The van der Waals surface area contributed by atoms with Crippen LogP contribution in [0.5, 0.6) is 0 Å². The van der Waals surface area contributed by atoms with Gasteiger partial charge in [-0.05, 0) is 30.0 Å². The second-order valence-corrected chi connectivity index (χ2v) is 4.99. The van der Waals surface area contributed by atoms with Crippen molar-refractivity contribution >= 4 is 5.69 Å². The van der Waals surface area contributed by atoms with Gasteiger partial charge in [-0.1, -0.05) is 55.5 Å². The number of hydrogen-bond donors (Lipinski definition) is 2. The highest BCUT2D eigenvalue weighted by molar-refractivity contribution is 5.43. The zero-order chi connectivity index (χ0) is 13.5. The van der Waals surface area contributed by atoms with Gasteiger partial charge in [0.05, 0.1) is 0 Å². The van der Waals surface area contributed by atoms with E-state index in [1.165, 1.54) is 5.56 Å². The van der Waals surface area contributed by atoms with Crippen molar-refractivity contribution in [2.75, 3.05) is 11.9 Å². The van der Waals surface area contributed by atoms with E-state index in [1.54, 1.807) is 0 Å². The van der Waals surface area contributed by atoms with Crippen molar-refractivity contribution in [1.29, 1.82) is 0 Å². The molecule has 0 spiro atoms. The van der Waals surface area contributed by atoms with Crippen LogP contribution < -0.4 is 11.1 Å². The highest BCUT2D eigenvalue weighted by atomic mass is 14.9. The predicted molar refractivity (Wildman–Crippen MR) is 82.4 cm³/mol. The van der Waals surface area contributed by atoms with Crippen LogP contribution >= 0.6 is 0 Å². The Morgan fingerprint density at radius 1 is 0.947 bits per heavy atom. The number of benzene rings is 2. The molecule has 0 saturated carbocycles. The van der Waals surface area contributed by atoms with Crippen molar-refractivity contribution in [1.82, 2.24) is 0 Å². The summed E-state index contributed by atoms with van der Waals surface area (Å²) in [6.45, 7) is 2.90. The van der Waals surface area contributed by atoms with Gasteiger partial charge in [-0.2, -0.15) is 0 Å². The summed E-state index contributed by atoms with van der Waals surface area (Å²) in [6.07, 6.45) is 1.04. The summed E-state index contributed by atoms with van der Waals surface area (Å²) >= 11 is 0. The molecule has 0 amide bonds. The highest BCUT2D eigenvalue weighted by Gasteiger charge is 2.13. The predicted octanol–water partition coefficient (Wildman–Crippen LogP) is 3.62. The summed E-state index contributed by atoms with van der Waals surface area (Å²) in [6, 6.07) is 21.2. The van der Waals surface area contributed by atoms with Gasteiger partial charge in [0.1, 0.15) is 0 Å². The molecule has 0 aliphatic heterocycles. The third kappa shape index (κ3) is 4.11. The minimum Gasteiger partial charge on any atom is -0.381 e. The van der Waals surface area contributed by atoms with Crippen molar-refractivity contribution in [3.63, 3.8) is 0 Å². The lowest BCUT2D eigenvalue weighted by atomic mass is 9.94. The summed E-state index contributed by atoms with van der Waals surface area (Å²) < 4.78 is 0. The molecule has 0 radical (unpaired) electrons. The number of para-hydroxylation sites is 1. The fraction of sp³-hybridized carbons (Fsp3) is 0.294. The zero-order valence-electron chi connectivity index (χ0n) is 11.4. The molecule has 2 heteroatoms. The van der Waals surface area contributed by atoms with E-state index in [4.69, 9.17) is 5.73 Å². The smallest absolute Gasteiger partial charge is 0.0389 e. The number of hydrogen-bond acceptors (Lipinski definition) is 2. The fourth-order valence-electron chi connectivity index (χ4n) is 2.33. The third-order valence-corrected chi connectivity index (χ3v) is 3.44. The van der Waals surface area contributed by atoms with Crippen LogP contribution in [0.3, 0.4) is 0 Å². The quantitative estimate of drug-likeness (QED) is 0.826. The van der Waals surface area contributed by atoms with Crippen LogP contribution in [-0.4, -0.2) is 12.6 Å². The van der Waals surface area contributed by atoms with Crippen LogP contribution in [-0.2, 0) is 0 Å². The van der Waals surface area contributed by atoms with Gasteiger partial charge in [0.15, 0.2) is 0 Å². The summed E-state index contributed by atoms with van der Waals surface area (Å²) in [7, 11) is 0. The average molecular weight is 254 g/mol. The number of anilines is 1. The van der Waals surface area contributed by atoms with Gasteiger partial charge in [-0.25, -0.2) is 0 Å². The number of nitrogens with one attached hydrogen (secondary N) is 1. The highest BCUT2D eigenvalue weighted by Crippen LogP contribution is 2.21. The van der Waals surface area contributed by atoms with Crippen molar-refractivity contribution < 1.29 is 0 Å². The standard InChI is InChI=1S/C17H22N2/c1-14(15-8-4-2-5-9-15)12-17(13-18)19-16-10-6-3-7-11-16/h2-11,14,17,19H,12-13,18H2,1H3. The van der Waals surface area contributed by atoms with E-state index in [0.29, 0.717) is 18.5 Å². The molecule has 0 aliphatic rings. The molecular weight excluding hydrogens is 232 g/mol. The first kappa shape index (κ1) is 13.6. The van der Waals surface area contributed by atoms with Gasteiger partial charge < -0.3 is 11.1 Å². The molecule has 0 fully saturated rings. The van der Waals surface area contributed by atoms with E-state index < -0.39 is 0 Å². The normalized spacial score (nSPS) is 13.8. The summed E-state index contributed by atoms with van der Waals surface area (Å²) in [4.78, 5) is 0. The molecule has 2 nitrogen and oxygen atoms in total. The van der Waals surface area contributed by atoms with Crippen LogP contribution in [0.4, 0.5) is 5.69 Å².